The lowest BCUT2D eigenvalue weighted by Crippen LogP contribution is -2.41. The highest BCUT2D eigenvalue weighted by Gasteiger charge is 2.36. The van der Waals surface area contributed by atoms with Crippen LogP contribution in [0.2, 0.25) is 10.0 Å². The molecule has 2 amide bonds. The summed E-state index contributed by atoms with van der Waals surface area (Å²) in [5.74, 6) is -0.267. The van der Waals surface area contributed by atoms with Crippen molar-refractivity contribution >= 4 is 40.7 Å². The van der Waals surface area contributed by atoms with E-state index in [1.807, 2.05) is 30.3 Å². The van der Waals surface area contributed by atoms with Gasteiger partial charge in [-0.15, -0.1) is 0 Å². The number of carbonyl (C=O) groups is 2. The number of benzene rings is 2. The lowest BCUT2D eigenvalue weighted by atomic mass is 10.1. The third-order valence-corrected chi connectivity index (χ3v) is 4.85. The zero-order chi connectivity index (χ0) is 17.1. The van der Waals surface area contributed by atoms with Crippen LogP contribution in [0.25, 0.3) is 0 Å². The molecule has 1 heterocycles. The fourth-order valence-corrected chi connectivity index (χ4v) is 3.15. The van der Waals surface area contributed by atoms with E-state index >= 15 is 0 Å². The SMILES string of the molecule is O=C(Nc1cccc(Cl)c1Cl)C1CCC(=O)N1Cc1ccccc1. The Morgan fingerprint density at radius 3 is 2.62 bits per heavy atom. The summed E-state index contributed by atoms with van der Waals surface area (Å²) in [6.45, 7) is 0.418. The summed E-state index contributed by atoms with van der Waals surface area (Å²) in [6.07, 6.45) is 0.865. The van der Waals surface area contributed by atoms with E-state index in [9.17, 15) is 9.59 Å². The summed E-state index contributed by atoms with van der Waals surface area (Å²) in [6, 6.07) is 14.2. The smallest absolute Gasteiger partial charge is 0.247 e. The summed E-state index contributed by atoms with van der Waals surface area (Å²) in [4.78, 5) is 26.4. The van der Waals surface area contributed by atoms with Crippen LogP contribution in [0.4, 0.5) is 5.69 Å². The van der Waals surface area contributed by atoms with Crippen molar-refractivity contribution in [2.24, 2.45) is 0 Å². The van der Waals surface area contributed by atoms with Crippen molar-refractivity contribution in [3.8, 4) is 0 Å². The first-order valence-corrected chi connectivity index (χ1v) is 8.40. The second-order valence-corrected chi connectivity index (χ2v) is 6.44. The summed E-state index contributed by atoms with van der Waals surface area (Å²) in [5.41, 5.74) is 1.44. The molecular formula is C18H16Cl2N2O2. The molecule has 1 N–H and O–H groups in total. The predicted molar refractivity (Wildman–Crippen MR) is 95.1 cm³/mol. The highest BCUT2D eigenvalue weighted by molar-refractivity contribution is 6.44. The fraction of sp³-hybridized carbons (Fsp3) is 0.222. The topological polar surface area (TPSA) is 49.4 Å². The number of likely N-dealkylation sites (tertiary alicyclic amines) is 1. The van der Waals surface area contributed by atoms with Crippen molar-refractivity contribution in [2.45, 2.75) is 25.4 Å². The van der Waals surface area contributed by atoms with Crippen molar-refractivity contribution in [3.63, 3.8) is 0 Å². The second-order valence-electron chi connectivity index (χ2n) is 5.65. The third-order valence-electron chi connectivity index (χ3n) is 4.04. The Kier molecular flexibility index (Phi) is 5.07. The number of halogens is 2. The highest BCUT2D eigenvalue weighted by Crippen LogP contribution is 2.30. The minimum absolute atomic E-state index is 0.0174. The molecule has 0 saturated carbocycles. The van der Waals surface area contributed by atoms with E-state index in [-0.39, 0.29) is 11.8 Å². The van der Waals surface area contributed by atoms with Gasteiger partial charge < -0.3 is 10.2 Å². The lowest BCUT2D eigenvalue weighted by molar-refractivity contribution is -0.133. The normalized spacial score (nSPS) is 17.2. The van der Waals surface area contributed by atoms with Gasteiger partial charge in [0.25, 0.3) is 0 Å². The molecule has 0 radical (unpaired) electrons. The molecule has 1 aliphatic heterocycles. The van der Waals surface area contributed by atoms with E-state index in [4.69, 9.17) is 23.2 Å². The lowest BCUT2D eigenvalue weighted by Gasteiger charge is -2.24. The molecular weight excluding hydrogens is 347 g/mol. The van der Waals surface area contributed by atoms with Crippen LogP contribution in [-0.2, 0) is 16.1 Å². The summed E-state index contributed by atoms with van der Waals surface area (Å²) < 4.78 is 0. The Balaban J connectivity index is 1.75. The van der Waals surface area contributed by atoms with Crippen molar-refractivity contribution in [1.82, 2.24) is 4.90 Å². The summed E-state index contributed by atoms with van der Waals surface area (Å²) >= 11 is 12.1. The number of amides is 2. The molecule has 1 atom stereocenters. The maximum absolute atomic E-state index is 12.6. The fourth-order valence-electron chi connectivity index (χ4n) is 2.80. The molecule has 0 aliphatic carbocycles. The molecule has 6 heteroatoms. The number of hydrogen-bond acceptors (Lipinski definition) is 2. The van der Waals surface area contributed by atoms with E-state index in [1.54, 1.807) is 23.1 Å². The van der Waals surface area contributed by atoms with Crippen LogP contribution in [0.15, 0.2) is 48.5 Å². The quantitative estimate of drug-likeness (QED) is 0.888. The van der Waals surface area contributed by atoms with Gasteiger partial charge in [0.1, 0.15) is 6.04 Å². The molecule has 1 unspecified atom stereocenters. The standard InChI is InChI=1S/C18H16Cl2N2O2/c19-13-7-4-8-14(17(13)20)21-18(24)15-9-10-16(23)22(15)11-12-5-2-1-3-6-12/h1-8,15H,9-11H2,(H,21,24). The Hall–Kier alpha value is -2.04. The first-order chi connectivity index (χ1) is 11.6. The van der Waals surface area contributed by atoms with Crippen molar-refractivity contribution in [1.29, 1.82) is 0 Å². The molecule has 0 aromatic heterocycles. The molecule has 0 bridgehead atoms. The molecule has 2 aromatic rings. The maximum Gasteiger partial charge on any atom is 0.247 e. The maximum atomic E-state index is 12.6. The highest BCUT2D eigenvalue weighted by atomic mass is 35.5. The number of rotatable bonds is 4. The van der Waals surface area contributed by atoms with E-state index in [2.05, 4.69) is 5.32 Å². The van der Waals surface area contributed by atoms with Gasteiger partial charge in [-0.1, -0.05) is 59.6 Å². The van der Waals surface area contributed by atoms with Gasteiger partial charge in [0.2, 0.25) is 11.8 Å². The number of hydrogen-bond donors (Lipinski definition) is 1. The molecule has 0 spiro atoms. The Labute approximate surface area is 150 Å². The minimum atomic E-state index is -0.507. The van der Waals surface area contributed by atoms with Gasteiger partial charge in [0, 0.05) is 13.0 Å². The van der Waals surface area contributed by atoms with Gasteiger partial charge in [-0.05, 0) is 24.1 Å². The van der Waals surface area contributed by atoms with E-state index in [0.29, 0.717) is 35.1 Å². The first kappa shape index (κ1) is 16.8. The van der Waals surface area contributed by atoms with E-state index < -0.39 is 6.04 Å². The van der Waals surface area contributed by atoms with Crippen LogP contribution in [0.5, 0.6) is 0 Å². The Morgan fingerprint density at radius 2 is 1.88 bits per heavy atom. The summed E-state index contributed by atoms with van der Waals surface area (Å²) in [7, 11) is 0. The van der Waals surface area contributed by atoms with Crippen molar-refractivity contribution in [2.75, 3.05) is 5.32 Å². The molecule has 1 saturated heterocycles. The number of carbonyl (C=O) groups excluding carboxylic acids is 2. The van der Waals surface area contributed by atoms with Crippen LogP contribution in [-0.4, -0.2) is 22.8 Å². The molecule has 124 valence electrons. The van der Waals surface area contributed by atoms with Crippen LogP contribution < -0.4 is 5.32 Å². The third kappa shape index (κ3) is 3.55. The van der Waals surface area contributed by atoms with Gasteiger partial charge in [-0.25, -0.2) is 0 Å². The zero-order valence-electron chi connectivity index (χ0n) is 12.8. The molecule has 1 aliphatic rings. The van der Waals surface area contributed by atoms with Gasteiger partial charge >= 0.3 is 0 Å². The average molecular weight is 363 g/mol. The van der Waals surface area contributed by atoms with Crippen LogP contribution in [0.1, 0.15) is 18.4 Å². The van der Waals surface area contributed by atoms with Gasteiger partial charge in [-0.3, -0.25) is 9.59 Å². The summed E-state index contributed by atoms with van der Waals surface area (Å²) in [5, 5.41) is 3.45. The minimum Gasteiger partial charge on any atom is -0.326 e. The average Bonchev–Trinajstić information content (AvgIpc) is 2.94. The van der Waals surface area contributed by atoms with Crippen LogP contribution in [0, 0.1) is 0 Å². The molecule has 4 nitrogen and oxygen atoms in total. The largest absolute Gasteiger partial charge is 0.326 e. The van der Waals surface area contributed by atoms with Gasteiger partial charge in [0.05, 0.1) is 15.7 Å². The molecule has 24 heavy (non-hydrogen) atoms. The Morgan fingerprint density at radius 1 is 1.12 bits per heavy atom. The number of nitrogens with one attached hydrogen (secondary N) is 1. The van der Waals surface area contributed by atoms with Crippen molar-refractivity contribution in [3.05, 3.63) is 64.1 Å². The molecule has 3 rings (SSSR count). The number of nitrogens with zero attached hydrogens (tertiary/aromatic N) is 1. The van der Waals surface area contributed by atoms with Gasteiger partial charge in [-0.2, -0.15) is 0 Å². The Bertz CT molecular complexity index is 765. The second kappa shape index (κ2) is 7.24. The van der Waals surface area contributed by atoms with Crippen molar-refractivity contribution < 1.29 is 9.59 Å². The first-order valence-electron chi connectivity index (χ1n) is 7.64. The predicted octanol–water partition coefficient (Wildman–Crippen LogP) is 4.12. The monoisotopic (exact) mass is 362 g/mol. The van der Waals surface area contributed by atoms with Gasteiger partial charge in [0.15, 0.2) is 0 Å². The zero-order valence-corrected chi connectivity index (χ0v) is 14.3. The van der Waals surface area contributed by atoms with E-state index in [1.165, 1.54) is 0 Å². The molecule has 2 aromatic carbocycles. The number of anilines is 1. The van der Waals surface area contributed by atoms with E-state index in [0.717, 1.165) is 5.56 Å². The molecule has 1 fully saturated rings. The van der Waals surface area contributed by atoms with Crippen LogP contribution in [0.3, 0.4) is 0 Å². The van der Waals surface area contributed by atoms with Crippen LogP contribution >= 0.6 is 23.2 Å².